The van der Waals surface area contributed by atoms with Gasteiger partial charge in [-0.1, -0.05) is 20.8 Å². The molecular formula is C26H28F3NO4. The van der Waals surface area contributed by atoms with Crippen molar-refractivity contribution in [1.82, 2.24) is 4.57 Å². The number of benzene rings is 2. The van der Waals surface area contributed by atoms with E-state index in [-0.39, 0.29) is 23.6 Å². The molecule has 0 spiro atoms. The maximum atomic E-state index is 14.5. The van der Waals surface area contributed by atoms with Gasteiger partial charge in [-0.05, 0) is 54.9 Å². The van der Waals surface area contributed by atoms with Crippen LogP contribution in [0.3, 0.4) is 0 Å². The molecule has 3 N–H and O–H groups in total. The summed E-state index contributed by atoms with van der Waals surface area (Å²) in [5, 5.41) is 31.0. The number of aromatic nitrogens is 1. The Balaban J connectivity index is 2.11. The number of rotatable bonds is 5. The monoisotopic (exact) mass is 475 g/mol. The Labute approximate surface area is 195 Å². The molecule has 1 aliphatic carbocycles. The number of carboxylic acid groups (broad SMARTS) is 1. The first kappa shape index (κ1) is 24.1. The summed E-state index contributed by atoms with van der Waals surface area (Å²) in [7, 11) is 0. The Morgan fingerprint density at radius 1 is 1.12 bits per heavy atom. The Morgan fingerprint density at radius 3 is 2.32 bits per heavy atom. The van der Waals surface area contributed by atoms with Crippen molar-refractivity contribution < 1.29 is 33.3 Å². The minimum Gasteiger partial charge on any atom is -0.507 e. The second-order valence-corrected chi connectivity index (χ2v) is 10.2. The highest BCUT2D eigenvalue weighted by Crippen LogP contribution is 2.51. The SMILES string of the molecule is CC(C)(CO)c1c([C@]2(C)CC[C@H](C(=O)O)CC2)c2c(O)cc(F)cc2n1-c1ccc(F)c(F)c1. The first-order chi connectivity index (χ1) is 15.9. The molecule has 3 aromatic rings. The average Bonchev–Trinajstić information content (AvgIpc) is 3.13. The highest BCUT2D eigenvalue weighted by atomic mass is 19.2. The van der Waals surface area contributed by atoms with E-state index in [0.717, 1.165) is 18.2 Å². The summed E-state index contributed by atoms with van der Waals surface area (Å²) in [5.74, 6) is -4.45. The molecule has 0 radical (unpaired) electrons. The fraction of sp³-hybridized carbons (Fsp3) is 0.423. The summed E-state index contributed by atoms with van der Waals surface area (Å²) in [5.41, 5.74) is 0.150. The number of aliphatic carboxylic acids is 1. The summed E-state index contributed by atoms with van der Waals surface area (Å²) in [4.78, 5) is 11.5. The molecule has 2 aromatic carbocycles. The summed E-state index contributed by atoms with van der Waals surface area (Å²) < 4.78 is 44.1. The molecule has 1 aliphatic rings. The second-order valence-electron chi connectivity index (χ2n) is 10.2. The van der Waals surface area contributed by atoms with Gasteiger partial charge < -0.3 is 19.9 Å². The zero-order chi connectivity index (χ0) is 25.0. The Bertz CT molecular complexity index is 1270. The number of carboxylic acids is 1. The van der Waals surface area contributed by atoms with Crippen LogP contribution in [0.1, 0.15) is 57.7 Å². The number of carbonyl (C=O) groups is 1. The number of aromatic hydroxyl groups is 1. The molecule has 0 unspecified atom stereocenters. The molecular weight excluding hydrogens is 447 g/mol. The molecule has 0 atom stereocenters. The molecule has 0 amide bonds. The Kier molecular flexibility index (Phi) is 5.92. The lowest BCUT2D eigenvalue weighted by molar-refractivity contribution is -0.143. The Hall–Kier alpha value is -3.00. The first-order valence-electron chi connectivity index (χ1n) is 11.3. The van der Waals surface area contributed by atoms with Crippen molar-refractivity contribution in [3.63, 3.8) is 0 Å². The zero-order valence-electron chi connectivity index (χ0n) is 19.3. The third-order valence-electron chi connectivity index (χ3n) is 7.25. The average molecular weight is 476 g/mol. The molecule has 34 heavy (non-hydrogen) atoms. The lowest BCUT2D eigenvalue weighted by atomic mass is 9.65. The van der Waals surface area contributed by atoms with Gasteiger partial charge in [0.25, 0.3) is 0 Å². The summed E-state index contributed by atoms with van der Waals surface area (Å²) in [6, 6.07) is 5.57. The standard InChI is InChI=1S/C26H28F3NO4/c1-25(2,13-31)23-22(26(3)8-6-14(7-9-26)24(33)34)21-19(10-15(27)11-20(21)32)30(23)16-4-5-17(28)18(29)12-16/h4-5,10-12,14,31-32H,6-9,13H2,1-3H3,(H,33,34)/t14-,26+. The molecule has 0 aliphatic heterocycles. The third-order valence-corrected chi connectivity index (χ3v) is 7.25. The van der Waals surface area contributed by atoms with E-state index in [1.54, 1.807) is 18.4 Å². The van der Waals surface area contributed by atoms with Gasteiger partial charge in [-0.15, -0.1) is 0 Å². The summed E-state index contributed by atoms with van der Waals surface area (Å²) >= 11 is 0. The van der Waals surface area contributed by atoms with Crippen LogP contribution in [0.25, 0.3) is 16.6 Å². The van der Waals surface area contributed by atoms with Crippen LogP contribution in [0.2, 0.25) is 0 Å². The van der Waals surface area contributed by atoms with Crippen molar-refractivity contribution >= 4 is 16.9 Å². The van der Waals surface area contributed by atoms with Gasteiger partial charge in [0.05, 0.1) is 18.0 Å². The minimum absolute atomic E-state index is 0.222. The number of phenols is 1. The van der Waals surface area contributed by atoms with E-state index < -0.39 is 40.2 Å². The van der Waals surface area contributed by atoms with E-state index >= 15 is 0 Å². The number of phenolic OH excluding ortho intramolecular Hbond substituents is 1. The van der Waals surface area contributed by atoms with Gasteiger partial charge in [0.2, 0.25) is 0 Å². The number of aliphatic hydroxyl groups is 1. The van der Waals surface area contributed by atoms with Gasteiger partial charge in [-0.3, -0.25) is 4.79 Å². The number of nitrogens with zero attached hydrogens (tertiary/aromatic N) is 1. The van der Waals surface area contributed by atoms with Crippen LogP contribution in [0.15, 0.2) is 30.3 Å². The van der Waals surface area contributed by atoms with Gasteiger partial charge in [0, 0.05) is 34.3 Å². The highest BCUT2D eigenvalue weighted by Gasteiger charge is 2.43. The van der Waals surface area contributed by atoms with E-state index in [1.165, 1.54) is 12.1 Å². The molecule has 5 nitrogen and oxygen atoms in total. The van der Waals surface area contributed by atoms with Gasteiger partial charge in [0.1, 0.15) is 11.6 Å². The summed E-state index contributed by atoms with van der Waals surface area (Å²) in [6.45, 7) is 5.22. The van der Waals surface area contributed by atoms with Crippen LogP contribution < -0.4 is 0 Å². The largest absolute Gasteiger partial charge is 0.507 e. The topological polar surface area (TPSA) is 82.7 Å². The van der Waals surface area contributed by atoms with E-state index in [2.05, 4.69) is 0 Å². The number of aliphatic hydroxyl groups excluding tert-OH is 1. The molecule has 4 rings (SSSR count). The number of halogens is 3. The number of fused-ring (bicyclic) bond motifs is 1. The first-order valence-corrected chi connectivity index (χ1v) is 11.3. The van der Waals surface area contributed by atoms with Crippen LogP contribution in [0.4, 0.5) is 13.2 Å². The normalized spacial score (nSPS) is 21.2. The van der Waals surface area contributed by atoms with Crippen molar-refractivity contribution in [2.24, 2.45) is 5.92 Å². The van der Waals surface area contributed by atoms with Gasteiger partial charge in [-0.2, -0.15) is 0 Å². The molecule has 1 saturated carbocycles. The van der Waals surface area contributed by atoms with Crippen molar-refractivity contribution in [2.45, 2.75) is 57.3 Å². The molecule has 182 valence electrons. The predicted molar refractivity (Wildman–Crippen MR) is 122 cm³/mol. The molecule has 0 bridgehead atoms. The molecule has 0 saturated heterocycles. The van der Waals surface area contributed by atoms with Crippen LogP contribution >= 0.6 is 0 Å². The minimum atomic E-state index is -1.08. The van der Waals surface area contributed by atoms with Gasteiger partial charge in [-0.25, -0.2) is 13.2 Å². The van der Waals surface area contributed by atoms with Gasteiger partial charge >= 0.3 is 5.97 Å². The lowest BCUT2D eigenvalue weighted by Gasteiger charge is -2.39. The quantitative estimate of drug-likeness (QED) is 0.452. The maximum absolute atomic E-state index is 14.5. The third kappa shape index (κ3) is 3.83. The van der Waals surface area contributed by atoms with E-state index in [1.807, 2.05) is 6.92 Å². The highest BCUT2D eigenvalue weighted by molar-refractivity contribution is 5.94. The van der Waals surface area contributed by atoms with E-state index in [0.29, 0.717) is 42.3 Å². The molecule has 1 heterocycles. The molecule has 1 aromatic heterocycles. The van der Waals surface area contributed by atoms with E-state index in [9.17, 15) is 33.3 Å². The fourth-order valence-electron chi connectivity index (χ4n) is 5.31. The number of hydrogen-bond acceptors (Lipinski definition) is 3. The van der Waals surface area contributed by atoms with Crippen molar-refractivity contribution in [1.29, 1.82) is 0 Å². The zero-order valence-corrected chi connectivity index (χ0v) is 19.3. The predicted octanol–water partition coefficient (Wildman–Crippen LogP) is 5.56. The van der Waals surface area contributed by atoms with Crippen molar-refractivity contribution in [3.8, 4) is 11.4 Å². The fourth-order valence-corrected chi connectivity index (χ4v) is 5.31. The van der Waals surface area contributed by atoms with Gasteiger partial charge in [0.15, 0.2) is 11.6 Å². The smallest absolute Gasteiger partial charge is 0.306 e. The van der Waals surface area contributed by atoms with Crippen LogP contribution in [-0.2, 0) is 15.6 Å². The van der Waals surface area contributed by atoms with Crippen molar-refractivity contribution in [2.75, 3.05) is 6.61 Å². The summed E-state index contributed by atoms with van der Waals surface area (Å²) in [6.07, 6.45) is 1.83. The lowest BCUT2D eigenvalue weighted by Crippen LogP contribution is -2.35. The van der Waals surface area contributed by atoms with Crippen LogP contribution in [0.5, 0.6) is 5.75 Å². The molecule has 8 heteroatoms. The van der Waals surface area contributed by atoms with E-state index in [4.69, 9.17) is 0 Å². The molecule has 1 fully saturated rings. The second kappa shape index (κ2) is 8.34. The Morgan fingerprint density at radius 2 is 1.76 bits per heavy atom. The van der Waals surface area contributed by atoms with Crippen LogP contribution in [-0.4, -0.2) is 32.5 Å². The van der Waals surface area contributed by atoms with Crippen molar-refractivity contribution in [3.05, 3.63) is 59.0 Å². The maximum Gasteiger partial charge on any atom is 0.306 e. The van der Waals surface area contributed by atoms with Crippen LogP contribution in [0, 0.1) is 23.4 Å². The number of hydrogen-bond donors (Lipinski definition) is 3.